The summed E-state index contributed by atoms with van der Waals surface area (Å²) in [5.74, 6) is 0.513. The molecule has 1 N–H and O–H groups in total. The third kappa shape index (κ3) is 3.02. The Labute approximate surface area is 180 Å². The number of halogens is 1. The van der Waals surface area contributed by atoms with Crippen LogP contribution in [0.2, 0.25) is 5.02 Å². The van der Waals surface area contributed by atoms with Crippen molar-refractivity contribution in [3.8, 4) is 0 Å². The molecule has 5 aromatic rings. The maximum Gasteiger partial charge on any atom is 0.229 e. The molecule has 0 unspecified atom stereocenters. The highest BCUT2D eigenvalue weighted by atomic mass is 35.5. The van der Waals surface area contributed by atoms with Gasteiger partial charge >= 0.3 is 0 Å². The van der Waals surface area contributed by atoms with Crippen LogP contribution in [0.1, 0.15) is 5.56 Å². The molecule has 2 aromatic carbocycles. The summed E-state index contributed by atoms with van der Waals surface area (Å²) in [7, 11) is -3.88. The van der Waals surface area contributed by atoms with Gasteiger partial charge in [-0.25, -0.2) is 13.4 Å². The summed E-state index contributed by atoms with van der Waals surface area (Å²) in [5, 5.41) is 13.6. The van der Waals surface area contributed by atoms with Gasteiger partial charge in [-0.1, -0.05) is 41.1 Å². The van der Waals surface area contributed by atoms with Gasteiger partial charge in [-0.15, -0.1) is 16.4 Å². The molecule has 3 heterocycles. The Morgan fingerprint density at radius 2 is 1.90 bits per heavy atom. The van der Waals surface area contributed by atoms with Crippen molar-refractivity contribution in [3.05, 3.63) is 70.6 Å². The van der Waals surface area contributed by atoms with E-state index in [2.05, 4.69) is 20.6 Å². The largest absolute Gasteiger partial charge is 0.339 e. The van der Waals surface area contributed by atoms with Gasteiger partial charge in [0.25, 0.3) is 0 Å². The number of benzene rings is 2. The lowest BCUT2D eigenvalue weighted by atomic mass is 10.2. The highest BCUT2D eigenvalue weighted by Crippen LogP contribution is 2.33. The molecular formula is C20H14ClN5O2S2. The predicted octanol–water partition coefficient (Wildman–Crippen LogP) is 4.88. The van der Waals surface area contributed by atoms with E-state index in [4.69, 9.17) is 11.6 Å². The Kier molecular flexibility index (Phi) is 4.46. The van der Waals surface area contributed by atoms with Crippen LogP contribution in [-0.4, -0.2) is 28.2 Å². The van der Waals surface area contributed by atoms with Crippen LogP contribution < -0.4 is 5.32 Å². The van der Waals surface area contributed by atoms with Gasteiger partial charge in [0.15, 0.2) is 11.5 Å². The second-order valence-electron chi connectivity index (χ2n) is 6.63. The van der Waals surface area contributed by atoms with E-state index < -0.39 is 9.84 Å². The lowest BCUT2D eigenvalue weighted by molar-refractivity contribution is 0.592. The lowest BCUT2D eigenvalue weighted by Crippen LogP contribution is -2.05. The van der Waals surface area contributed by atoms with Gasteiger partial charge in [-0.3, -0.25) is 0 Å². The molecule has 0 bridgehead atoms. The molecule has 0 aliphatic rings. The Hall–Kier alpha value is -3.01. The predicted molar refractivity (Wildman–Crippen MR) is 118 cm³/mol. The van der Waals surface area contributed by atoms with Crippen LogP contribution >= 0.6 is 22.9 Å². The molecule has 10 heteroatoms. The molecule has 0 amide bonds. The summed E-state index contributed by atoms with van der Waals surface area (Å²) in [6.45, 7) is 1.92. The monoisotopic (exact) mass is 455 g/mol. The number of nitrogens with one attached hydrogen (secondary N) is 1. The van der Waals surface area contributed by atoms with E-state index in [1.54, 1.807) is 24.3 Å². The maximum atomic E-state index is 13.1. The van der Waals surface area contributed by atoms with E-state index in [1.165, 1.54) is 28.0 Å². The van der Waals surface area contributed by atoms with E-state index in [1.807, 2.05) is 30.5 Å². The molecule has 0 saturated carbocycles. The van der Waals surface area contributed by atoms with Crippen LogP contribution in [0, 0.1) is 6.92 Å². The smallest absolute Gasteiger partial charge is 0.229 e. The molecule has 30 heavy (non-hydrogen) atoms. The first kappa shape index (κ1) is 19.0. The lowest BCUT2D eigenvalue weighted by Gasteiger charge is -2.09. The number of rotatable bonds is 4. The number of nitrogens with zero attached hydrogens (tertiary/aromatic N) is 4. The van der Waals surface area contributed by atoms with Crippen LogP contribution in [0.15, 0.2) is 69.9 Å². The average Bonchev–Trinajstić information content (AvgIpc) is 3.39. The van der Waals surface area contributed by atoms with Gasteiger partial charge in [0.2, 0.25) is 14.9 Å². The zero-order valence-corrected chi connectivity index (χ0v) is 18.0. The molecule has 0 saturated heterocycles. The Bertz CT molecular complexity index is 1510. The topological polar surface area (TPSA) is 89.2 Å². The van der Waals surface area contributed by atoms with Crippen molar-refractivity contribution in [1.82, 2.24) is 19.8 Å². The van der Waals surface area contributed by atoms with Crippen molar-refractivity contribution >= 4 is 60.1 Å². The van der Waals surface area contributed by atoms with E-state index in [-0.39, 0.29) is 15.6 Å². The quantitative estimate of drug-likeness (QED) is 0.415. The van der Waals surface area contributed by atoms with Gasteiger partial charge in [-0.05, 0) is 48.2 Å². The summed E-state index contributed by atoms with van der Waals surface area (Å²) in [5.41, 5.74) is 2.58. The first-order chi connectivity index (χ1) is 14.4. The minimum atomic E-state index is -3.88. The third-order valence-corrected chi connectivity index (χ3v) is 7.65. The summed E-state index contributed by atoms with van der Waals surface area (Å²) in [6, 6.07) is 15.6. The molecule has 0 aliphatic heterocycles. The van der Waals surface area contributed by atoms with Crippen molar-refractivity contribution in [2.45, 2.75) is 16.8 Å². The van der Waals surface area contributed by atoms with Crippen LogP contribution in [0.25, 0.3) is 15.9 Å². The summed E-state index contributed by atoms with van der Waals surface area (Å²) in [4.78, 5) is 4.73. The Morgan fingerprint density at radius 1 is 1.10 bits per heavy atom. The van der Waals surface area contributed by atoms with E-state index in [9.17, 15) is 8.42 Å². The average molecular weight is 456 g/mol. The molecule has 0 atom stereocenters. The molecular weight excluding hydrogens is 442 g/mol. The number of hydrogen-bond donors (Lipinski definition) is 1. The van der Waals surface area contributed by atoms with Crippen molar-refractivity contribution in [1.29, 1.82) is 0 Å². The minimum Gasteiger partial charge on any atom is -0.339 e. The maximum absolute atomic E-state index is 13.1. The number of aryl methyl sites for hydroxylation is 1. The fourth-order valence-corrected chi connectivity index (χ4v) is 5.35. The van der Waals surface area contributed by atoms with Crippen molar-refractivity contribution in [2.75, 3.05) is 5.32 Å². The van der Waals surface area contributed by atoms with Gasteiger partial charge in [0, 0.05) is 10.7 Å². The van der Waals surface area contributed by atoms with E-state index in [0.29, 0.717) is 16.4 Å². The fraction of sp³-hybridized carbons (Fsp3) is 0.0500. The van der Waals surface area contributed by atoms with Gasteiger partial charge in [-0.2, -0.15) is 4.52 Å². The summed E-state index contributed by atoms with van der Waals surface area (Å²) >= 11 is 7.72. The summed E-state index contributed by atoms with van der Waals surface area (Å²) in [6.07, 6.45) is 0. The second-order valence-corrected chi connectivity index (χ2v) is 9.82. The van der Waals surface area contributed by atoms with Crippen LogP contribution in [0.3, 0.4) is 0 Å². The fourth-order valence-electron chi connectivity index (χ4n) is 3.10. The van der Waals surface area contributed by atoms with Gasteiger partial charge in [0.1, 0.15) is 0 Å². The highest BCUT2D eigenvalue weighted by molar-refractivity contribution is 7.91. The number of aromatic nitrogens is 4. The molecule has 0 radical (unpaired) electrons. The molecule has 0 fully saturated rings. The number of thiophene rings is 1. The third-order valence-electron chi connectivity index (χ3n) is 4.66. The number of fused-ring (bicyclic) bond motifs is 3. The van der Waals surface area contributed by atoms with Crippen molar-refractivity contribution in [2.24, 2.45) is 0 Å². The minimum absolute atomic E-state index is 0.138. The second kappa shape index (κ2) is 7.05. The van der Waals surface area contributed by atoms with E-state index >= 15 is 0 Å². The number of sulfone groups is 1. The molecule has 150 valence electrons. The molecule has 3 aromatic heterocycles. The molecule has 0 spiro atoms. The normalized spacial score (nSPS) is 11.9. The first-order valence-corrected chi connectivity index (χ1v) is 11.6. The summed E-state index contributed by atoms with van der Waals surface area (Å²) < 4.78 is 28.6. The number of anilines is 2. The number of hydrogen-bond acceptors (Lipinski definition) is 7. The van der Waals surface area contributed by atoms with Crippen molar-refractivity contribution in [3.63, 3.8) is 0 Å². The van der Waals surface area contributed by atoms with Crippen LogP contribution in [0.4, 0.5) is 11.5 Å². The zero-order valence-electron chi connectivity index (χ0n) is 15.6. The van der Waals surface area contributed by atoms with Gasteiger partial charge in [0.05, 0.1) is 15.1 Å². The SMILES string of the molecule is Cc1ccc(Nc2nc3c(S(=O)(=O)c4ccccc4)nnn3c3ccsc23)cc1Cl. The van der Waals surface area contributed by atoms with E-state index in [0.717, 1.165) is 16.0 Å². The molecule has 7 nitrogen and oxygen atoms in total. The zero-order chi connectivity index (χ0) is 20.9. The Balaban J connectivity index is 1.71. The highest BCUT2D eigenvalue weighted by Gasteiger charge is 2.27. The van der Waals surface area contributed by atoms with Crippen LogP contribution in [0.5, 0.6) is 0 Å². The Morgan fingerprint density at radius 3 is 2.67 bits per heavy atom. The van der Waals surface area contributed by atoms with Crippen molar-refractivity contribution < 1.29 is 8.42 Å². The molecule has 5 rings (SSSR count). The van der Waals surface area contributed by atoms with Crippen LogP contribution in [-0.2, 0) is 9.84 Å². The molecule has 0 aliphatic carbocycles. The standard InChI is InChI=1S/C20H14ClN5O2S2/c1-12-7-8-13(11-15(12)21)22-18-17-16(9-10-29-17)26-19(23-18)20(24-25-26)30(27,28)14-5-3-2-4-6-14/h2-11H,1H3,(H,22,23). The first-order valence-electron chi connectivity index (χ1n) is 8.91. The van der Waals surface area contributed by atoms with Gasteiger partial charge < -0.3 is 5.32 Å².